The van der Waals surface area contributed by atoms with E-state index in [0.29, 0.717) is 35.8 Å². The molecular formula is C19H21NO4. The number of hydrogen-bond donors (Lipinski definition) is 0. The largest absolute Gasteiger partial charge is 0.493 e. The molecule has 0 amide bonds. The van der Waals surface area contributed by atoms with Crippen molar-refractivity contribution in [1.29, 1.82) is 0 Å². The van der Waals surface area contributed by atoms with Gasteiger partial charge in [0.1, 0.15) is 0 Å². The van der Waals surface area contributed by atoms with Gasteiger partial charge in [0, 0.05) is 29.9 Å². The molecule has 0 spiro atoms. The topological polar surface area (TPSA) is 48.0 Å². The van der Waals surface area contributed by atoms with E-state index in [9.17, 15) is 4.79 Å². The number of hydrogen-bond acceptors (Lipinski definition) is 5. The lowest BCUT2D eigenvalue weighted by Gasteiger charge is -2.29. The number of anilines is 1. The molecule has 1 heterocycles. The first kappa shape index (κ1) is 16.3. The summed E-state index contributed by atoms with van der Waals surface area (Å²) in [7, 11) is 3.14. The van der Waals surface area contributed by atoms with Crippen molar-refractivity contribution in [3.05, 3.63) is 53.6 Å². The van der Waals surface area contributed by atoms with Crippen LogP contribution in [0.5, 0.6) is 11.5 Å². The van der Waals surface area contributed by atoms with Crippen LogP contribution >= 0.6 is 0 Å². The molecule has 0 saturated carbocycles. The molecule has 0 bridgehead atoms. The second-order valence-corrected chi connectivity index (χ2v) is 5.55. The molecule has 0 N–H and O–H groups in total. The van der Waals surface area contributed by atoms with Crippen LogP contribution in [0, 0.1) is 0 Å². The van der Waals surface area contributed by atoms with E-state index in [4.69, 9.17) is 14.2 Å². The summed E-state index contributed by atoms with van der Waals surface area (Å²) < 4.78 is 15.9. The normalized spacial score (nSPS) is 14.3. The second kappa shape index (κ2) is 7.36. The van der Waals surface area contributed by atoms with Gasteiger partial charge in [-0.3, -0.25) is 4.79 Å². The molecule has 1 aliphatic heterocycles. The van der Waals surface area contributed by atoms with Crippen molar-refractivity contribution in [3.8, 4) is 11.5 Å². The summed E-state index contributed by atoms with van der Waals surface area (Å²) in [6, 6.07) is 12.9. The van der Waals surface area contributed by atoms with Gasteiger partial charge in [-0.25, -0.2) is 0 Å². The third-order valence-electron chi connectivity index (χ3n) is 4.13. The molecule has 5 heteroatoms. The molecular weight excluding hydrogens is 306 g/mol. The van der Waals surface area contributed by atoms with Gasteiger partial charge in [-0.1, -0.05) is 12.1 Å². The molecule has 0 aromatic heterocycles. The van der Waals surface area contributed by atoms with Crippen molar-refractivity contribution in [3.63, 3.8) is 0 Å². The molecule has 1 fully saturated rings. The van der Waals surface area contributed by atoms with Gasteiger partial charge in [-0.15, -0.1) is 0 Å². The predicted molar refractivity (Wildman–Crippen MR) is 92.5 cm³/mol. The monoisotopic (exact) mass is 327 g/mol. The van der Waals surface area contributed by atoms with Crippen LogP contribution in [-0.2, 0) is 4.74 Å². The number of rotatable bonds is 5. The highest BCUT2D eigenvalue weighted by molar-refractivity contribution is 6.09. The lowest BCUT2D eigenvalue weighted by atomic mass is 10.0. The molecule has 3 rings (SSSR count). The summed E-state index contributed by atoms with van der Waals surface area (Å²) >= 11 is 0. The maximum atomic E-state index is 12.8. The number of nitrogens with zero attached hydrogens (tertiary/aromatic N) is 1. The molecule has 2 aromatic rings. The van der Waals surface area contributed by atoms with Gasteiger partial charge in [0.15, 0.2) is 17.3 Å². The minimum absolute atomic E-state index is 0.0361. The molecule has 1 saturated heterocycles. The average molecular weight is 327 g/mol. The number of ether oxygens (including phenoxy) is 3. The molecule has 126 valence electrons. The van der Waals surface area contributed by atoms with Crippen molar-refractivity contribution in [2.24, 2.45) is 0 Å². The summed E-state index contributed by atoms with van der Waals surface area (Å²) in [5.41, 5.74) is 2.28. The van der Waals surface area contributed by atoms with Crippen molar-refractivity contribution in [1.82, 2.24) is 0 Å². The van der Waals surface area contributed by atoms with Gasteiger partial charge >= 0.3 is 0 Å². The van der Waals surface area contributed by atoms with Crippen molar-refractivity contribution in [2.45, 2.75) is 0 Å². The Morgan fingerprint density at radius 3 is 2.38 bits per heavy atom. The Labute approximate surface area is 141 Å². The summed E-state index contributed by atoms with van der Waals surface area (Å²) in [6.07, 6.45) is 0. The maximum Gasteiger partial charge on any atom is 0.193 e. The van der Waals surface area contributed by atoms with Crippen LogP contribution in [-0.4, -0.2) is 46.3 Å². The van der Waals surface area contributed by atoms with Crippen LogP contribution in [0.4, 0.5) is 5.69 Å². The molecule has 0 unspecified atom stereocenters. The first-order valence-electron chi connectivity index (χ1n) is 7.92. The standard InChI is InChI=1S/C19H21NO4/c1-22-17-7-6-15(13-18(17)23-2)19(21)14-4-3-5-16(12-14)20-8-10-24-11-9-20/h3-7,12-13H,8-11H2,1-2H3. The van der Waals surface area contributed by atoms with Crippen molar-refractivity contribution >= 4 is 11.5 Å². The number of morpholine rings is 1. The Morgan fingerprint density at radius 1 is 0.958 bits per heavy atom. The third-order valence-corrected chi connectivity index (χ3v) is 4.13. The van der Waals surface area contributed by atoms with Gasteiger partial charge in [-0.2, -0.15) is 0 Å². The molecule has 24 heavy (non-hydrogen) atoms. The first-order valence-corrected chi connectivity index (χ1v) is 7.92. The van der Waals surface area contributed by atoms with E-state index >= 15 is 0 Å². The maximum absolute atomic E-state index is 12.8. The summed E-state index contributed by atoms with van der Waals surface area (Å²) in [6.45, 7) is 3.11. The highest BCUT2D eigenvalue weighted by Gasteiger charge is 2.16. The van der Waals surface area contributed by atoms with Gasteiger partial charge in [0.2, 0.25) is 0 Å². The summed E-state index contributed by atoms with van der Waals surface area (Å²) in [5.74, 6) is 1.12. The van der Waals surface area contributed by atoms with E-state index in [2.05, 4.69) is 4.90 Å². The van der Waals surface area contributed by atoms with Crippen LogP contribution in [0.15, 0.2) is 42.5 Å². The molecule has 5 nitrogen and oxygen atoms in total. The number of methoxy groups -OCH3 is 2. The average Bonchev–Trinajstić information content (AvgIpc) is 2.67. The van der Waals surface area contributed by atoms with E-state index < -0.39 is 0 Å². The number of carbonyl (C=O) groups excluding carboxylic acids is 1. The zero-order chi connectivity index (χ0) is 16.9. The van der Waals surface area contributed by atoms with Gasteiger partial charge in [0.05, 0.1) is 27.4 Å². The first-order chi connectivity index (χ1) is 11.7. The Morgan fingerprint density at radius 2 is 1.67 bits per heavy atom. The van der Waals surface area contributed by atoms with E-state index in [-0.39, 0.29) is 5.78 Å². The smallest absolute Gasteiger partial charge is 0.193 e. The Bertz CT molecular complexity index is 723. The lowest BCUT2D eigenvalue weighted by molar-refractivity contribution is 0.103. The van der Waals surface area contributed by atoms with E-state index in [1.165, 1.54) is 0 Å². The van der Waals surface area contributed by atoms with E-state index in [1.54, 1.807) is 32.4 Å². The van der Waals surface area contributed by atoms with Gasteiger partial charge in [0.25, 0.3) is 0 Å². The van der Waals surface area contributed by atoms with Crippen LogP contribution in [0.1, 0.15) is 15.9 Å². The lowest BCUT2D eigenvalue weighted by Crippen LogP contribution is -2.36. The quantitative estimate of drug-likeness (QED) is 0.790. The zero-order valence-electron chi connectivity index (χ0n) is 14.0. The fourth-order valence-electron chi connectivity index (χ4n) is 2.81. The Balaban J connectivity index is 1.87. The minimum Gasteiger partial charge on any atom is -0.493 e. The third kappa shape index (κ3) is 3.36. The van der Waals surface area contributed by atoms with Crippen LogP contribution in [0.25, 0.3) is 0 Å². The number of carbonyl (C=O) groups is 1. The van der Waals surface area contributed by atoms with E-state index in [0.717, 1.165) is 18.8 Å². The minimum atomic E-state index is -0.0361. The Hall–Kier alpha value is -2.53. The number of ketones is 1. The fraction of sp³-hybridized carbons (Fsp3) is 0.316. The van der Waals surface area contributed by atoms with Gasteiger partial charge in [-0.05, 0) is 30.3 Å². The van der Waals surface area contributed by atoms with Crippen molar-refractivity contribution in [2.75, 3.05) is 45.4 Å². The fourth-order valence-corrected chi connectivity index (χ4v) is 2.81. The predicted octanol–water partition coefficient (Wildman–Crippen LogP) is 2.77. The number of benzene rings is 2. The molecule has 1 aliphatic rings. The van der Waals surface area contributed by atoms with Crippen LogP contribution in [0.3, 0.4) is 0 Å². The molecule has 0 atom stereocenters. The molecule has 0 radical (unpaired) electrons. The SMILES string of the molecule is COc1ccc(C(=O)c2cccc(N3CCOCC3)c2)cc1OC. The van der Waals surface area contributed by atoms with E-state index in [1.807, 2.05) is 24.3 Å². The highest BCUT2D eigenvalue weighted by Crippen LogP contribution is 2.29. The van der Waals surface area contributed by atoms with Crippen LogP contribution < -0.4 is 14.4 Å². The highest BCUT2D eigenvalue weighted by atomic mass is 16.5. The summed E-state index contributed by atoms with van der Waals surface area (Å²) in [5, 5.41) is 0. The summed E-state index contributed by atoms with van der Waals surface area (Å²) in [4.78, 5) is 15.0. The zero-order valence-corrected chi connectivity index (χ0v) is 14.0. The second-order valence-electron chi connectivity index (χ2n) is 5.55. The van der Waals surface area contributed by atoms with Crippen LogP contribution in [0.2, 0.25) is 0 Å². The molecule has 0 aliphatic carbocycles. The van der Waals surface area contributed by atoms with Gasteiger partial charge < -0.3 is 19.1 Å². The van der Waals surface area contributed by atoms with Crippen molar-refractivity contribution < 1.29 is 19.0 Å². The molecule has 2 aromatic carbocycles. The Kier molecular flexibility index (Phi) is 5.01.